The molecule has 2 heterocycles. The van der Waals surface area contributed by atoms with Crippen molar-refractivity contribution < 1.29 is 13.2 Å². The second-order valence-corrected chi connectivity index (χ2v) is 8.23. The van der Waals surface area contributed by atoms with E-state index in [0.29, 0.717) is 19.0 Å². The first-order valence-electron chi connectivity index (χ1n) is 7.82. The van der Waals surface area contributed by atoms with Gasteiger partial charge < -0.3 is 4.90 Å². The van der Waals surface area contributed by atoms with Gasteiger partial charge in [-0.25, -0.2) is 13.2 Å². The van der Waals surface area contributed by atoms with Crippen LogP contribution < -0.4 is 4.90 Å². The summed E-state index contributed by atoms with van der Waals surface area (Å²) >= 11 is 18.4. The second kappa shape index (κ2) is 6.39. The molecule has 0 saturated heterocycles. The predicted molar refractivity (Wildman–Crippen MR) is 96.9 cm³/mol. The van der Waals surface area contributed by atoms with Gasteiger partial charge in [0.1, 0.15) is 27.4 Å². The second-order valence-electron chi connectivity index (χ2n) is 6.33. The number of alkyl halides is 2. The van der Waals surface area contributed by atoms with E-state index in [4.69, 9.17) is 34.8 Å². The Hall–Kier alpha value is -1.77. The lowest BCUT2D eigenvalue weighted by Crippen LogP contribution is -2.26. The molecule has 5 nitrogen and oxygen atoms in total. The number of fused-ring (bicyclic) bond motifs is 1. The Morgan fingerprint density at radius 1 is 1.22 bits per heavy atom. The number of anilines is 1. The van der Waals surface area contributed by atoms with Gasteiger partial charge in [0.15, 0.2) is 11.6 Å². The zero-order valence-corrected chi connectivity index (χ0v) is 16.0. The molecule has 0 bridgehead atoms. The fourth-order valence-electron chi connectivity index (χ4n) is 3.01. The first-order valence-corrected chi connectivity index (χ1v) is 8.96. The highest BCUT2D eigenvalue weighted by Gasteiger charge is 2.52. The molecule has 3 aromatic rings. The van der Waals surface area contributed by atoms with Crippen LogP contribution in [0, 0.1) is 23.4 Å². The minimum Gasteiger partial charge on any atom is -0.359 e. The molecule has 27 heavy (non-hydrogen) atoms. The van der Waals surface area contributed by atoms with Gasteiger partial charge in [0.25, 0.3) is 5.78 Å². The van der Waals surface area contributed by atoms with E-state index in [2.05, 4.69) is 15.1 Å². The molecule has 0 radical (unpaired) electrons. The van der Waals surface area contributed by atoms with Gasteiger partial charge in [-0.2, -0.15) is 19.6 Å². The molecule has 4 rings (SSSR count). The van der Waals surface area contributed by atoms with Crippen LogP contribution >= 0.6 is 34.8 Å². The highest BCUT2D eigenvalue weighted by molar-refractivity contribution is 6.50. The summed E-state index contributed by atoms with van der Waals surface area (Å²) in [6.45, 7) is 0.355. The smallest absolute Gasteiger partial charge is 0.255 e. The number of hydrogen-bond acceptors (Lipinski definition) is 4. The molecule has 11 heteroatoms. The average molecular weight is 437 g/mol. The highest BCUT2D eigenvalue weighted by Crippen LogP contribution is 2.53. The number of hydrogen-bond donors (Lipinski definition) is 0. The first-order chi connectivity index (χ1) is 12.7. The molecule has 1 unspecified atom stereocenters. The van der Waals surface area contributed by atoms with Crippen molar-refractivity contribution in [3.05, 3.63) is 41.1 Å². The summed E-state index contributed by atoms with van der Waals surface area (Å²) in [6.07, 6.45) is 1.79. The zero-order valence-electron chi connectivity index (χ0n) is 13.7. The van der Waals surface area contributed by atoms with Gasteiger partial charge in [0.05, 0.1) is 11.1 Å². The van der Waals surface area contributed by atoms with E-state index >= 15 is 0 Å². The van der Waals surface area contributed by atoms with Crippen molar-refractivity contribution in [2.45, 2.75) is 10.8 Å². The Labute approximate surface area is 166 Å². The molecule has 1 fully saturated rings. The molecular weight excluding hydrogens is 426 g/mol. The normalized spacial score (nSPS) is 18.1. The summed E-state index contributed by atoms with van der Waals surface area (Å²) in [5, 5.41) is 3.81. The fourth-order valence-corrected chi connectivity index (χ4v) is 3.78. The largest absolute Gasteiger partial charge is 0.359 e. The van der Waals surface area contributed by atoms with E-state index in [1.807, 2.05) is 0 Å². The van der Waals surface area contributed by atoms with Crippen LogP contribution in [0.2, 0.25) is 5.15 Å². The van der Waals surface area contributed by atoms with Crippen LogP contribution in [0.4, 0.5) is 19.0 Å². The predicted octanol–water partition coefficient (Wildman–Crippen LogP) is 4.49. The van der Waals surface area contributed by atoms with E-state index in [9.17, 15) is 13.2 Å². The number of benzene rings is 1. The third-order valence-electron chi connectivity index (χ3n) is 4.46. The minimum absolute atomic E-state index is 0.0635. The Kier molecular flexibility index (Phi) is 4.40. The number of nitrogens with zero attached hydrogens (tertiary/aromatic N) is 5. The number of aromatic nitrogens is 4. The third-order valence-corrected chi connectivity index (χ3v) is 5.66. The van der Waals surface area contributed by atoms with E-state index in [-0.39, 0.29) is 28.2 Å². The molecule has 0 aliphatic heterocycles. The number of rotatable bonds is 4. The lowest BCUT2D eigenvalue weighted by Gasteiger charge is -2.24. The van der Waals surface area contributed by atoms with Crippen LogP contribution in [-0.2, 0) is 0 Å². The van der Waals surface area contributed by atoms with Crippen molar-refractivity contribution in [1.29, 1.82) is 0 Å². The van der Waals surface area contributed by atoms with Gasteiger partial charge in [-0.15, -0.1) is 23.2 Å². The van der Waals surface area contributed by atoms with Gasteiger partial charge in [-0.1, -0.05) is 11.6 Å². The molecule has 1 aliphatic rings. The van der Waals surface area contributed by atoms with Crippen LogP contribution in [-0.4, -0.2) is 37.5 Å². The van der Waals surface area contributed by atoms with E-state index < -0.39 is 27.3 Å². The molecule has 0 spiro atoms. The maximum absolute atomic E-state index is 14.5. The summed E-state index contributed by atoms with van der Waals surface area (Å²) in [5.41, 5.74) is -0.771. The quantitative estimate of drug-likeness (QED) is 0.343. The van der Waals surface area contributed by atoms with Crippen molar-refractivity contribution in [2.75, 3.05) is 18.5 Å². The number of halogens is 6. The fraction of sp³-hybridized carbons (Fsp3) is 0.312. The van der Waals surface area contributed by atoms with Crippen molar-refractivity contribution >= 4 is 46.4 Å². The lowest BCUT2D eigenvalue weighted by molar-refractivity contribution is 0.499. The van der Waals surface area contributed by atoms with Gasteiger partial charge >= 0.3 is 0 Å². The van der Waals surface area contributed by atoms with E-state index in [1.165, 1.54) is 10.8 Å². The Morgan fingerprint density at radius 2 is 1.89 bits per heavy atom. The monoisotopic (exact) mass is 435 g/mol. The molecule has 1 saturated carbocycles. The van der Waals surface area contributed by atoms with Gasteiger partial charge in [-0.05, 0) is 18.6 Å². The molecule has 1 atom stereocenters. The SMILES string of the molecule is CN(CC1CC1(Cl)Cl)c1c(-c2c(F)ccc(F)c2F)c(Cl)nc2ncnn12. The van der Waals surface area contributed by atoms with Gasteiger partial charge in [0, 0.05) is 19.5 Å². The van der Waals surface area contributed by atoms with Crippen LogP contribution in [0.1, 0.15) is 6.42 Å². The maximum atomic E-state index is 14.5. The molecule has 142 valence electrons. The van der Waals surface area contributed by atoms with Gasteiger partial charge in [-0.3, -0.25) is 0 Å². The summed E-state index contributed by atoms with van der Waals surface area (Å²) in [5.74, 6) is -3.31. The maximum Gasteiger partial charge on any atom is 0.255 e. The van der Waals surface area contributed by atoms with E-state index in [1.54, 1.807) is 11.9 Å². The molecule has 1 aliphatic carbocycles. The van der Waals surface area contributed by atoms with E-state index in [0.717, 1.165) is 6.07 Å². The molecule has 2 aromatic heterocycles. The van der Waals surface area contributed by atoms with Crippen molar-refractivity contribution in [3.8, 4) is 11.1 Å². The van der Waals surface area contributed by atoms with Gasteiger partial charge in [0.2, 0.25) is 0 Å². The van der Waals surface area contributed by atoms with Crippen LogP contribution in [0.3, 0.4) is 0 Å². The van der Waals surface area contributed by atoms with Crippen molar-refractivity contribution in [2.24, 2.45) is 5.92 Å². The standard InChI is InChI=1S/C16H11Cl3F3N5/c1-26(5-7-4-16(7,18)19)14-11(10-8(20)2-3-9(21)12(10)22)13(17)25-15-23-6-24-27(14)15/h2-3,6-7H,4-5H2,1H3. The third kappa shape index (κ3) is 3.09. The summed E-state index contributed by atoms with van der Waals surface area (Å²) in [6, 6.07) is 1.52. The summed E-state index contributed by atoms with van der Waals surface area (Å²) < 4.78 is 43.2. The summed E-state index contributed by atoms with van der Waals surface area (Å²) in [7, 11) is 1.66. The Balaban J connectivity index is 1.95. The van der Waals surface area contributed by atoms with Crippen molar-refractivity contribution in [1.82, 2.24) is 19.6 Å². The molecule has 0 amide bonds. The van der Waals surface area contributed by atoms with Crippen LogP contribution in [0.15, 0.2) is 18.5 Å². The molecular formula is C16H11Cl3F3N5. The summed E-state index contributed by atoms with van der Waals surface area (Å²) in [4.78, 5) is 9.61. The average Bonchev–Trinajstić information content (AvgIpc) is 2.98. The van der Waals surface area contributed by atoms with Crippen LogP contribution in [0.25, 0.3) is 16.9 Å². The molecule has 1 aromatic carbocycles. The Bertz CT molecular complexity index is 1060. The Morgan fingerprint density at radius 3 is 2.56 bits per heavy atom. The highest BCUT2D eigenvalue weighted by atomic mass is 35.5. The minimum atomic E-state index is -1.37. The zero-order chi connectivity index (χ0) is 19.5. The van der Waals surface area contributed by atoms with Crippen LogP contribution in [0.5, 0.6) is 0 Å². The molecule has 0 N–H and O–H groups in total. The lowest BCUT2D eigenvalue weighted by atomic mass is 10.1. The first kappa shape index (κ1) is 18.6. The van der Waals surface area contributed by atoms with Crippen molar-refractivity contribution in [3.63, 3.8) is 0 Å². The topological polar surface area (TPSA) is 46.3 Å².